The van der Waals surface area contributed by atoms with E-state index < -0.39 is 0 Å². The smallest absolute Gasteiger partial charge is 0.179 e. The lowest BCUT2D eigenvalue weighted by molar-refractivity contribution is 0.478. The Labute approximate surface area is 79.4 Å². The fraction of sp³-hybridized carbons (Fsp3) is 0.364. The minimum atomic E-state index is 0.791. The Balaban J connectivity index is 2.47. The minimum Gasteiger partial charge on any atom is -0.313 e. The van der Waals surface area contributed by atoms with Crippen LogP contribution in [0.2, 0.25) is 0 Å². The first kappa shape index (κ1) is 9.60. The Hall–Kier alpha value is -1.49. The van der Waals surface area contributed by atoms with E-state index in [9.17, 15) is 0 Å². The normalized spacial score (nSPS) is 9.31. The molecular weight excluding hydrogens is 160 g/mol. The summed E-state index contributed by atoms with van der Waals surface area (Å²) < 4.78 is 0. The van der Waals surface area contributed by atoms with Crippen LogP contribution in [0.5, 0.6) is 0 Å². The molecule has 0 heterocycles. The third kappa shape index (κ3) is 3.16. The number of nitrogens with zero attached hydrogens (tertiary/aromatic N) is 2. The maximum atomic E-state index is 8.53. The lowest BCUT2D eigenvalue weighted by atomic mass is 10.1. The van der Waals surface area contributed by atoms with Gasteiger partial charge in [0.2, 0.25) is 0 Å². The summed E-state index contributed by atoms with van der Waals surface area (Å²) in [5.74, 6) is 0. The molecule has 0 N–H and O–H groups in total. The Morgan fingerprint density at radius 3 is 2.46 bits per heavy atom. The number of benzene rings is 1. The molecule has 0 aromatic heterocycles. The van der Waals surface area contributed by atoms with E-state index in [0.29, 0.717) is 0 Å². The second-order valence-corrected chi connectivity index (χ2v) is 3.26. The zero-order valence-electron chi connectivity index (χ0n) is 8.12. The van der Waals surface area contributed by atoms with Crippen LogP contribution in [-0.2, 0) is 6.42 Å². The van der Waals surface area contributed by atoms with Crippen LogP contribution in [0.3, 0.4) is 0 Å². The second kappa shape index (κ2) is 4.51. The zero-order chi connectivity index (χ0) is 9.68. The molecule has 68 valence electrons. The molecule has 1 aromatic carbocycles. The maximum absolute atomic E-state index is 8.53. The summed E-state index contributed by atoms with van der Waals surface area (Å²) in [6.07, 6.45) is 3.01. The molecule has 0 saturated heterocycles. The molecule has 0 spiro atoms. The first-order chi connectivity index (χ1) is 6.22. The van der Waals surface area contributed by atoms with E-state index in [1.807, 2.05) is 0 Å². The molecular formula is C11H14N2. The Bertz CT molecular complexity index is 295. The number of aryl methyl sites for hydroxylation is 1. The van der Waals surface area contributed by atoms with E-state index in [-0.39, 0.29) is 0 Å². The number of hydrogen-bond acceptors (Lipinski definition) is 2. The summed E-state index contributed by atoms with van der Waals surface area (Å²) in [5.41, 5.74) is 2.56. The van der Waals surface area contributed by atoms with Crippen LogP contribution in [0.1, 0.15) is 11.1 Å². The van der Waals surface area contributed by atoms with Crippen molar-refractivity contribution < 1.29 is 0 Å². The molecule has 0 atom stereocenters. The average Bonchev–Trinajstić information content (AvgIpc) is 2.16. The van der Waals surface area contributed by atoms with E-state index in [1.54, 1.807) is 11.9 Å². The van der Waals surface area contributed by atoms with E-state index in [1.165, 1.54) is 11.1 Å². The molecule has 0 radical (unpaired) electrons. The van der Waals surface area contributed by atoms with Gasteiger partial charge in [0.25, 0.3) is 0 Å². The summed E-state index contributed by atoms with van der Waals surface area (Å²) in [6, 6.07) is 8.42. The van der Waals surface area contributed by atoms with Crippen molar-refractivity contribution in [2.45, 2.75) is 13.3 Å². The third-order valence-electron chi connectivity index (χ3n) is 2.03. The van der Waals surface area contributed by atoms with Crippen LogP contribution < -0.4 is 0 Å². The third-order valence-corrected chi connectivity index (χ3v) is 2.03. The standard InChI is InChI=1S/C11H14N2/c1-10-3-5-11(6-4-10)7-8-13(2)9-12/h3-6H,7-8H2,1-2H3. The zero-order valence-corrected chi connectivity index (χ0v) is 8.12. The van der Waals surface area contributed by atoms with Crippen LogP contribution in [0, 0.1) is 18.4 Å². The SMILES string of the molecule is Cc1ccc(CCN(C)C#N)cc1. The largest absolute Gasteiger partial charge is 0.313 e. The number of likely N-dealkylation sites (N-methyl/N-ethyl adjacent to an activating group) is 1. The van der Waals surface area contributed by atoms with Crippen molar-refractivity contribution in [2.75, 3.05) is 13.6 Å². The molecule has 13 heavy (non-hydrogen) atoms. The lowest BCUT2D eigenvalue weighted by Gasteiger charge is -2.07. The molecule has 0 aliphatic heterocycles. The topological polar surface area (TPSA) is 27.0 Å². The molecule has 0 amide bonds. The number of nitriles is 1. The molecule has 0 fully saturated rings. The van der Waals surface area contributed by atoms with Crippen LogP contribution in [0.25, 0.3) is 0 Å². The van der Waals surface area contributed by atoms with Gasteiger partial charge in [-0.15, -0.1) is 0 Å². The first-order valence-electron chi connectivity index (χ1n) is 4.39. The van der Waals surface area contributed by atoms with Gasteiger partial charge in [-0.1, -0.05) is 29.8 Å². The summed E-state index contributed by atoms with van der Waals surface area (Å²) >= 11 is 0. The Morgan fingerprint density at radius 2 is 1.92 bits per heavy atom. The highest BCUT2D eigenvalue weighted by Gasteiger charge is 1.95. The van der Waals surface area contributed by atoms with Crippen molar-refractivity contribution in [3.05, 3.63) is 35.4 Å². The highest BCUT2D eigenvalue weighted by atomic mass is 15.1. The summed E-state index contributed by atoms with van der Waals surface area (Å²) in [5, 5.41) is 8.53. The molecule has 2 nitrogen and oxygen atoms in total. The predicted octanol–water partition coefficient (Wildman–Crippen LogP) is 1.95. The maximum Gasteiger partial charge on any atom is 0.179 e. The van der Waals surface area contributed by atoms with Crippen molar-refractivity contribution in [3.8, 4) is 6.19 Å². The van der Waals surface area contributed by atoms with E-state index in [0.717, 1.165) is 13.0 Å². The van der Waals surface area contributed by atoms with Gasteiger partial charge in [-0.3, -0.25) is 0 Å². The number of rotatable bonds is 3. The molecule has 2 heteroatoms. The lowest BCUT2D eigenvalue weighted by Crippen LogP contribution is -2.14. The Morgan fingerprint density at radius 1 is 1.31 bits per heavy atom. The monoisotopic (exact) mass is 174 g/mol. The van der Waals surface area contributed by atoms with Gasteiger partial charge in [-0.05, 0) is 18.9 Å². The molecule has 1 aromatic rings. The molecule has 0 saturated carbocycles. The van der Waals surface area contributed by atoms with Crippen LogP contribution >= 0.6 is 0 Å². The molecule has 0 aliphatic rings. The number of hydrogen-bond donors (Lipinski definition) is 0. The quantitative estimate of drug-likeness (QED) is 0.517. The minimum absolute atomic E-state index is 0.791. The van der Waals surface area contributed by atoms with Crippen molar-refractivity contribution >= 4 is 0 Å². The fourth-order valence-electron chi connectivity index (χ4n) is 1.10. The van der Waals surface area contributed by atoms with Crippen LogP contribution in [0.15, 0.2) is 24.3 Å². The van der Waals surface area contributed by atoms with Crippen molar-refractivity contribution in [1.29, 1.82) is 5.26 Å². The van der Waals surface area contributed by atoms with Gasteiger partial charge in [0, 0.05) is 13.6 Å². The van der Waals surface area contributed by atoms with Gasteiger partial charge in [-0.2, -0.15) is 5.26 Å². The molecule has 0 aliphatic carbocycles. The van der Waals surface area contributed by atoms with E-state index in [4.69, 9.17) is 5.26 Å². The summed E-state index contributed by atoms with van der Waals surface area (Å²) in [6.45, 7) is 2.87. The second-order valence-electron chi connectivity index (χ2n) is 3.26. The van der Waals surface area contributed by atoms with Gasteiger partial charge in [-0.25, -0.2) is 0 Å². The van der Waals surface area contributed by atoms with Crippen LogP contribution in [0.4, 0.5) is 0 Å². The highest BCUT2D eigenvalue weighted by molar-refractivity contribution is 5.21. The molecule has 0 bridgehead atoms. The van der Waals surface area contributed by atoms with Crippen molar-refractivity contribution in [3.63, 3.8) is 0 Å². The van der Waals surface area contributed by atoms with Gasteiger partial charge in [0.15, 0.2) is 6.19 Å². The summed E-state index contributed by atoms with van der Waals surface area (Å²) in [4.78, 5) is 1.64. The van der Waals surface area contributed by atoms with Crippen molar-refractivity contribution in [1.82, 2.24) is 4.90 Å². The van der Waals surface area contributed by atoms with Crippen LogP contribution in [-0.4, -0.2) is 18.5 Å². The van der Waals surface area contributed by atoms with Gasteiger partial charge in [0.05, 0.1) is 0 Å². The van der Waals surface area contributed by atoms with E-state index in [2.05, 4.69) is 37.4 Å². The average molecular weight is 174 g/mol. The van der Waals surface area contributed by atoms with E-state index >= 15 is 0 Å². The fourth-order valence-corrected chi connectivity index (χ4v) is 1.10. The van der Waals surface area contributed by atoms with Gasteiger partial charge < -0.3 is 4.90 Å². The highest BCUT2D eigenvalue weighted by Crippen LogP contribution is 2.03. The molecule has 0 unspecified atom stereocenters. The first-order valence-corrected chi connectivity index (χ1v) is 4.39. The van der Waals surface area contributed by atoms with Gasteiger partial charge in [0.1, 0.15) is 0 Å². The van der Waals surface area contributed by atoms with Crippen molar-refractivity contribution in [2.24, 2.45) is 0 Å². The van der Waals surface area contributed by atoms with Gasteiger partial charge >= 0.3 is 0 Å². The predicted molar refractivity (Wildman–Crippen MR) is 53.1 cm³/mol. The Kier molecular flexibility index (Phi) is 3.33. The summed E-state index contributed by atoms with van der Waals surface area (Å²) in [7, 11) is 1.80. The molecule has 1 rings (SSSR count).